The highest BCUT2D eigenvalue weighted by molar-refractivity contribution is 4.95. The number of nitrogens with one attached hydrogen (secondary N) is 1. The fourth-order valence-electron chi connectivity index (χ4n) is 3.14. The third-order valence-corrected chi connectivity index (χ3v) is 3.78. The summed E-state index contributed by atoms with van der Waals surface area (Å²) in [7, 11) is 0. The summed E-state index contributed by atoms with van der Waals surface area (Å²) < 4.78 is 0. The summed E-state index contributed by atoms with van der Waals surface area (Å²) in [6, 6.07) is 0. The molecule has 0 heterocycles. The van der Waals surface area contributed by atoms with Crippen LogP contribution < -0.4 is 5.73 Å². The molecule has 3 heteroatoms. The van der Waals surface area contributed by atoms with Crippen molar-refractivity contribution in [1.29, 1.82) is 5.53 Å². The Kier molecular flexibility index (Phi) is 2.13. The Hall–Kier alpha value is -0.440. The van der Waals surface area contributed by atoms with E-state index in [9.17, 15) is 0 Å². The molecule has 2 fully saturated rings. The first-order chi connectivity index (χ1) is 5.85. The molecule has 0 spiro atoms. The van der Waals surface area contributed by atoms with Gasteiger partial charge < -0.3 is 5.73 Å². The van der Waals surface area contributed by atoms with E-state index >= 15 is 0 Å². The first kappa shape index (κ1) is 8.17. The predicted molar refractivity (Wildman–Crippen MR) is 46.9 cm³/mol. The molecule has 0 saturated heterocycles. The quantitative estimate of drug-likeness (QED) is 0.617. The fraction of sp³-hybridized carbons (Fsp3) is 1.00. The monoisotopic (exact) mass is 167 g/mol. The summed E-state index contributed by atoms with van der Waals surface area (Å²) in [4.78, 5) is 0. The normalized spacial score (nSPS) is 45.1. The van der Waals surface area contributed by atoms with Gasteiger partial charge in [0.25, 0.3) is 0 Å². The molecule has 2 bridgehead atoms. The van der Waals surface area contributed by atoms with E-state index in [1.165, 1.54) is 19.3 Å². The van der Waals surface area contributed by atoms with Crippen molar-refractivity contribution in [2.45, 2.75) is 19.3 Å². The van der Waals surface area contributed by atoms with Gasteiger partial charge >= 0.3 is 0 Å². The van der Waals surface area contributed by atoms with E-state index in [2.05, 4.69) is 5.11 Å². The maximum Gasteiger partial charge on any atom is 0.0627 e. The van der Waals surface area contributed by atoms with Gasteiger partial charge in [0.15, 0.2) is 0 Å². The van der Waals surface area contributed by atoms with Crippen LogP contribution >= 0.6 is 0 Å². The molecule has 4 atom stereocenters. The molecule has 0 aromatic carbocycles. The van der Waals surface area contributed by atoms with Crippen molar-refractivity contribution in [3.8, 4) is 0 Å². The van der Waals surface area contributed by atoms with Crippen LogP contribution in [-0.4, -0.2) is 13.1 Å². The van der Waals surface area contributed by atoms with Gasteiger partial charge in [-0.2, -0.15) is 5.11 Å². The molecule has 2 aliphatic carbocycles. The van der Waals surface area contributed by atoms with Crippen molar-refractivity contribution in [2.24, 2.45) is 34.5 Å². The van der Waals surface area contributed by atoms with Gasteiger partial charge in [-0.25, -0.2) is 5.53 Å². The minimum absolute atomic E-state index is 0.718. The second-order valence-electron chi connectivity index (χ2n) is 4.32. The Morgan fingerprint density at radius 3 is 2.33 bits per heavy atom. The van der Waals surface area contributed by atoms with E-state index < -0.39 is 0 Å². The maximum atomic E-state index is 6.84. The summed E-state index contributed by atoms with van der Waals surface area (Å²) in [6.45, 7) is 1.63. The van der Waals surface area contributed by atoms with Crippen LogP contribution in [0.5, 0.6) is 0 Å². The molecular formula is C9H17N3. The molecule has 0 amide bonds. The number of rotatable bonds is 3. The second kappa shape index (κ2) is 3.13. The van der Waals surface area contributed by atoms with Gasteiger partial charge in [0.05, 0.1) is 6.54 Å². The van der Waals surface area contributed by atoms with Gasteiger partial charge in [-0.05, 0) is 49.5 Å². The Morgan fingerprint density at radius 2 is 1.83 bits per heavy atom. The molecule has 3 N–H and O–H groups in total. The number of nitrogens with two attached hydrogens (primary N) is 1. The molecule has 0 aromatic heterocycles. The topological polar surface area (TPSA) is 62.2 Å². The van der Waals surface area contributed by atoms with Crippen molar-refractivity contribution >= 4 is 0 Å². The smallest absolute Gasteiger partial charge is 0.0627 e. The first-order valence-electron chi connectivity index (χ1n) is 4.88. The molecular weight excluding hydrogens is 150 g/mol. The summed E-state index contributed by atoms with van der Waals surface area (Å²) in [5.74, 6) is 3.22. The van der Waals surface area contributed by atoms with Crippen molar-refractivity contribution in [2.75, 3.05) is 13.1 Å². The van der Waals surface area contributed by atoms with Gasteiger partial charge in [-0.1, -0.05) is 0 Å². The number of fused-ring (bicyclic) bond motifs is 2. The van der Waals surface area contributed by atoms with Crippen LogP contribution in [0.3, 0.4) is 0 Å². The minimum Gasteiger partial charge on any atom is -0.330 e. The molecule has 3 nitrogen and oxygen atoms in total. The Bertz CT molecular complexity index is 181. The van der Waals surface area contributed by atoms with Gasteiger partial charge in [0.2, 0.25) is 0 Å². The van der Waals surface area contributed by atoms with E-state index in [0.29, 0.717) is 0 Å². The van der Waals surface area contributed by atoms with Crippen LogP contribution in [0, 0.1) is 29.2 Å². The highest BCUT2D eigenvalue weighted by Crippen LogP contribution is 2.51. The van der Waals surface area contributed by atoms with Crippen molar-refractivity contribution in [3.05, 3.63) is 0 Å². The van der Waals surface area contributed by atoms with E-state index in [-0.39, 0.29) is 0 Å². The number of hydrogen-bond acceptors (Lipinski definition) is 3. The fourth-order valence-corrected chi connectivity index (χ4v) is 3.14. The number of nitrogens with zero attached hydrogens (tertiary/aromatic N) is 1. The second-order valence-corrected chi connectivity index (χ2v) is 4.32. The van der Waals surface area contributed by atoms with Crippen LogP contribution in [0.1, 0.15) is 19.3 Å². The molecule has 68 valence electrons. The van der Waals surface area contributed by atoms with Gasteiger partial charge in [0.1, 0.15) is 0 Å². The lowest BCUT2D eigenvalue weighted by atomic mass is 9.82. The summed E-state index contributed by atoms with van der Waals surface area (Å²) >= 11 is 0. The zero-order chi connectivity index (χ0) is 8.55. The van der Waals surface area contributed by atoms with Crippen LogP contribution in [0.2, 0.25) is 0 Å². The van der Waals surface area contributed by atoms with E-state index in [1.807, 2.05) is 0 Å². The molecule has 2 aliphatic rings. The van der Waals surface area contributed by atoms with Crippen LogP contribution in [0.15, 0.2) is 5.11 Å². The summed E-state index contributed by atoms with van der Waals surface area (Å²) in [6.07, 6.45) is 3.96. The molecule has 0 aromatic rings. The molecule has 2 rings (SSSR count). The van der Waals surface area contributed by atoms with E-state index in [0.717, 1.165) is 36.8 Å². The van der Waals surface area contributed by atoms with Crippen molar-refractivity contribution < 1.29 is 0 Å². The summed E-state index contributed by atoms with van der Waals surface area (Å²) in [5, 5.41) is 3.51. The molecule has 12 heavy (non-hydrogen) atoms. The minimum atomic E-state index is 0.718. The molecule has 0 aliphatic heterocycles. The molecule has 2 saturated carbocycles. The van der Waals surface area contributed by atoms with Crippen molar-refractivity contribution in [1.82, 2.24) is 0 Å². The molecule has 4 unspecified atom stereocenters. The Labute approximate surface area is 73.2 Å². The number of hydrogen-bond donors (Lipinski definition) is 2. The standard InChI is InChI=1S/C9H17N3/c10-4-8-2-7-1-6(8)3-9(7)5-12-11/h6-9,11H,1-5,10H2. The SMILES string of the molecule is N=NCC1CC2CC1CC2CN. The zero-order valence-electron chi connectivity index (χ0n) is 7.37. The highest BCUT2D eigenvalue weighted by Gasteiger charge is 2.44. The van der Waals surface area contributed by atoms with Gasteiger partial charge in [-0.3, -0.25) is 0 Å². The Balaban J connectivity index is 1.93. The predicted octanol–water partition coefficient (Wildman–Crippen LogP) is 1.64. The lowest BCUT2D eigenvalue weighted by molar-refractivity contribution is 0.265. The first-order valence-corrected chi connectivity index (χ1v) is 4.88. The maximum absolute atomic E-state index is 6.84. The van der Waals surface area contributed by atoms with E-state index in [4.69, 9.17) is 11.3 Å². The van der Waals surface area contributed by atoms with Gasteiger partial charge in [0, 0.05) is 0 Å². The van der Waals surface area contributed by atoms with Gasteiger partial charge in [-0.15, -0.1) is 0 Å². The average Bonchev–Trinajstić information content (AvgIpc) is 2.62. The third kappa shape index (κ3) is 1.16. The van der Waals surface area contributed by atoms with Crippen LogP contribution in [0.4, 0.5) is 0 Å². The highest BCUT2D eigenvalue weighted by atomic mass is 15.0. The third-order valence-electron chi connectivity index (χ3n) is 3.78. The largest absolute Gasteiger partial charge is 0.330 e. The lowest BCUT2D eigenvalue weighted by Crippen LogP contribution is -2.25. The zero-order valence-corrected chi connectivity index (χ0v) is 7.37. The van der Waals surface area contributed by atoms with Crippen LogP contribution in [-0.2, 0) is 0 Å². The Morgan fingerprint density at radius 1 is 1.17 bits per heavy atom. The van der Waals surface area contributed by atoms with Crippen molar-refractivity contribution in [3.63, 3.8) is 0 Å². The average molecular weight is 167 g/mol. The van der Waals surface area contributed by atoms with E-state index in [1.54, 1.807) is 0 Å². The molecule has 0 radical (unpaired) electrons. The van der Waals surface area contributed by atoms with Crippen LogP contribution in [0.25, 0.3) is 0 Å². The lowest BCUT2D eigenvalue weighted by Gasteiger charge is -2.25. The summed E-state index contributed by atoms with van der Waals surface area (Å²) in [5.41, 5.74) is 12.5.